The number of carbonyl (C=O) groups is 1. The highest BCUT2D eigenvalue weighted by molar-refractivity contribution is 7.20. The molecule has 0 aromatic carbocycles. The quantitative estimate of drug-likeness (QED) is 0.869. The summed E-state index contributed by atoms with van der Waals surface area (Å²) in [4.78, 5) is 35.4. The number of carbonyl (C=O) groups excluding carboxylic acids is 1. The number of aryl methyl sites for hydroxylation is 1. The maximum absolute atomic E-state index is 12.5. The highest BCUT2D eigenvalue weighted by atomic mass is 32.1. The second-order valence-corrected chi connectivity index (χ2v) is 6.83. The Morgan fingerprint density at radius 3 is 2.78 bits per heavy atom. The molecule has 0 bridgehead atoms. The molecule has 1 aliphatic heterocycles. The van der Waals surface area contributed by atoms with Crippen LogP contribution in [0.15, 0.2) is 4.79 Å². The van der Waals surface area contributed by atoms with Gasteiger partial charge in [0.2, 0.25) is 0 Å². The molecule has 1 unspecified atom stereocenters. The molecule has 3 rings (SSSR count). The number of H-pyrrole nitrogens is 1. The molecule has 0 amide bonds. The Balaban J connectivity index is 2.04. The largest absolute Gasteiger partial charge is 0.462 e. The number of hydrogen-bond acceptors (Lipinski definition) is 6. The summed E-state index contributed by atoms with van der Waals surface area (Å²) in [6.45, 7) is 7.96. The van der Waals surface area contributed by atoms with Gasteiger partial charge in [-0.1, -0.05) is 0 Å². The summed E-state index contributed by atoms with van der Waals surface area (Å²) in [5, 5.41) is 0.496. The molecule has 0 saturated carbocycles. The minimum atomic E-state index is -0.387. The van der Waals surface area contributed by atoms with Crippen molar-refractivity contribution in [2.45, 2.75) is 39.7 Å². The maximum atomic E-state index is 12.5. The zero-order chi connectivity index (χ0) is 16.6. The van der Waals surface area contributed by atoms with Crippen molar-refractivity contribution in [3.63, 3.8) is 0 Å². The molecule has 2 aromatic rings. The third-order valence-corrected chi connectivity index (χ3v) is 5.53. The molecular formula is C16H21N3O3S. The van der Waals surface area contributed by atoms with Gasteiger partial charge < -0.3 is 9.72 Å². The molecule has 3 heterocycles. The monoisotopic (exact) mass is 335 g/mol. The van der Waals surface area contributed by atoms with E-state index in [0.29, 0.717) is 33.1 Å². The average Bonchev–Trinajstić information content (AvgIpc) is 3.15. The molecule has 1 aliphatic rings. The minimum absolute atomic E-state index is 0.0723. The lowest BCUT2D eigenvalue weighted by atomic mass is 10.2. The molecular weight excluding hydrogens is 314 g/mol. The molecule has 1 N–H and O–H groups in total. The predicted octanol–water partition coefficient (Wildman–Crippen LogP) is 2.63. The summed E-state index contributed by atoms with van der Waals surface area (Å²) in [6.07, 6.45) is 2.36. The highest BCUT2D eigenvalue weighted by Gasteiger charge is 2.24. The van der Waals surface area contributed by atoms with E-state index in [4.69, 9.17) is 4.74 Å². The van der Waals surface area contributed by atoms with Gasteiger partial charge in [0, 0.05) is 0 Å². The van der Waals surface area contributed by atoms with Crippen LogP contribution in [0, 0.1) is 6.92 Å². The number of thiophene rings is 1. The lowest BCUT2D eigenvalue weighted by Gasteiger charge is -2.22. The lowest BCUT2D eigenvalue weighted by Crippen LogP contribution is -2.26. The van der Waals surface area contributed by atoms with E-state index < -0.39 is 0 Å². The van der Waals surface area contributed by atoms with Crippen LogP contribution in [0.4, 0.5) is 0 Å². The van der Waals surface area contributed by atoms with E-state index >= 15 is 0 Å². The van der Waals surface area contributed by atoms with Crippen LogP contribution >= 0.6 is 11.3 Å². The lowest BCUT2D eigenvalue weighted by molar-refractivity contribution is 0.0531. The second kappa shape index (κ2) is 6.41. The van der Waals surface area contributed by atoms with Crippen molar-refractivity contribution in [3.05, 3.63) is 26.6 Å². The van der Waals surface area contributed by atoms with Crippen LogP contribution in [-0.2, 0) is 4.74 Å². The maximum Gasteiger partial charge on any atom is 0.348 e. The number of nitrogens with zero attached hydrogens (tertiary/aromatic N) is 2. The van der Waals surface area contributed by atoms with Gasteiger partial charge in [-0.05, 0) is 52.3 Å². The van der Waals surface area contributed by atoms with Gasteiger partial charge in [0.15, 0.2) is 0 Å². The van der Waals surface area contributed by atoms with Crippen molar-refractivity contribution in [1.82, 2.24) is 14.9 Å². The fraction of sp³-hybridized carbons (Fsp3) is 0.562. The second-order valence-electron chi connectivity index (χ2n) is 5.83. The Hall–Kier alpha value is -1.73. The smallest absolute Gasteiger partial charge is 0.348 e. The van der Waals surface area contributed by atoms with Gasteiger partial charge in [0.05, 0.1) is 18.0 Å². The summed E-state index contributed by atoms with van der Waals surface area (Å²) in [5.41, 5.74) is 0.470. The molecule has 1 atom stereocenters. The van der Waals surface area contributed by atoms with Crippen LogP contribution in [0.3, 0.4) is 0 Å². The standard InChI is InChI=1S/C16H21N3O3S/c1-4-22-16(21)12-9(2)11-14(20)17-13(18-15(11)23-12)10(3)19-7-5-6-8-19/h10H,4-8H2,1-3H3,(H,17,18,20). The van der Waals surface area contributed by atoms with Crippen LogP contribution in [-0.4, -0.2) is 40.5 Å². The molecule has 124 valence electrons. The van der Waals surface area contributed by atoms with Gasteiger partial charge in [-0.15, -0.1) is 11.3 Å². The normalized spacial score (nSPS) is 16.8. The summed E-state index contributed by atoms with van der Waals surface area (Å²) < 4.78 is 5.06. The number of esters is 1. The Morgan fingerprint density at radius 2 is 2.13 bits per heavy atom. The van der Waals surface area contributed by atoms with E-state index in [-0.39, 0.29) is 17.6 Å². The van der Waals surface area contributed by atoms with Crippen molar-refractivity contribution in [3.8, 4) is 0 Å². The first-order chi connectivity index (χ1) is 11.0. The van der Waals surface area contributed by atoms with Crippen molar-refractivity contribution in [2.24, 2.45) is 0 Å². The highest BCUT2D eigenvalue weighted by Crippen LogP contribution is 2.29. The number of rotatable bonds is 4. The number of likely N-dealkylation sites (tertiary alicyclic amines) is 1. The van der Waals surface area contributed by atoms with Gasteiger partial charge >= 0.3 is 5.97 Å². The van der Waals surface area contributed by atoms with Crippen molar-refractivity contribution >= 4 is 27.5 Å². The van der Waals surface area contributed by atoms with Crippen LogP contribution in [0.5, 0.6) is 0 Å². The summed E-state index contributed by atoms with van der Waals surface area (Å²) in [5.74, 6) is 0.280. The predicted molar refractivity (Wildman–Crippen MR) is 90.2 cm³/mol. The van der Waals surface area contributed by atoms with Gasteiger partial charge in [-0.2, -0.15) is 0 Å². The average molecular weight is 335 g/mol. The molecule has 1 fully saturated rings. The zero-order valence-electron chi connectivity index (χ0n) is 13.6. The summed E-state index contributed by atoms with van der Waals surface area (Å²) >= 11 is 1.24. The number of hydrogen-bond donors (Lipinski definition) is 1. The van der Waals surface area contributed by atoms with Crippen LogP contribution < -0.4 is 5.56 Å². The van der Waals surface area contributed by atoms with Gasteiger partial charge in [-0.3, -0.25) is 9.69 Å². The first-order valence-corrected chi connectivity index (χ1v) is 8.79. The first kappa shape index (κ1) is 16.1. The third kappa shape index (κ3) is 2.90. The fourth-order valence-electron chi connectivity index (χ4n) is 3.05. The number of aromatic nitrogens is 2. The first-order valence-electron chi connectivity index (χ1n) is 7.97. The Kier molecular flexibility index (Phi) is 4.50. The SMILES string of the molecule is CCOC(=O)c1sc2nc(C(C)N3CCCC3)[nH]c(=O)c2c1C. The van der Waals surface area contributed by atoms with E-state index in [9.17, 15) is 9.59 Å². The zero-order valence-corrected chi connectivity index (χ0v) is 14.5. The molecule has 23 heavy (non-hydrogen) atoms. The van der Waals surface area contributed by atoms with E-state index in [0.717, 1.165) is 13.1 Å². The Morgan fingerprint density at radius 1 is 1.43 bits per heavy atom. The molecule has 0 spiro atoms. The van der Waals surface area contributed by atoms with Gasteiger partial charge in [0.25, 0.3) is 5.56 Å². The van der Waals surface area contributed by atoms with Crippen molar-refractivity contribution in [2.75, 3.05) is 19.7 Å². The molecule has 0 radical (unpaired) electrons. The number of fused-ring (bicyclic) bond motifs is 1. The van der Waals surface area contributed by atoms with Gasteiger partial charge in [0.1, 0.15) is 15.5 Å². The molecule has 2 aromatic heterocycles. The van der Waals surface area contributed by atoms with E-state index in [1.54, 1.807) is 13.8 Å². The van der Waals surface area contributed by atoms with Crippen LogP contribution in [0.25, 0.3) is 10.2 Å². The van der Waals surface area contributed by atoms with Crippen LogP contribution in [0.1, 0.15) is 53.8 Å². The Bertz CT molecular complexity index is 790. The fourth-order valence-corrected chi connectivity index (χ4v) is 4.13. The number of ether oxygens (including phenoxy) is 1. The minimum Gasteiger partial charge on any atom is -0.462 e. The van der Waals surface area contributed by atoms with Crippen molar-refractivity contribution < 1.29 is 9.53 Å². The number of aromatic amines is 1. The molecule has 0 aliphatic carbocycles. The van der Waals surface area contributed by atoms with Crippen LogP contribution in [0.2, 0.25) is 0 Å². The summed E-state index contributed by atoms with van der Waals surface area (Å²) in [7, 11) is 0. The molecule has 7 heteroatoms. The van der Waals surface area contributed by atoms with Gasteiger partial charge in [-0.25, -0.2) is 9.78 Å². The Labute approximate surface area is 138 Å². The molecule has 6 nitrogen and oxygen atoms in total. The van der Waals surface area contributed by atoms with E-state index in [1.807, 2.05) is 0 Å². The van der Waals surface area contributed by atoms with E-state index in [1.165, 1.54) is 24.2 Å². The number of nitrogens with one attached hydrogen (secondary N) is 1. The van der Waals surface area contributed by atoms with E-state index in [2.05, 4.69) is 21.8 Å². The summed E-state index contributed by atoms with van der Waals surface area (Å²) in [6, 6.07) is 0.0723. The topological polar surface area (TPSA) is 75.3 Å². The third-order valence-electron chi connectivity index (χ3n) is 4.36. The van der Waals surface area contributed by atoms with Crippen molar-refractivity contribution in [1.29, 1.82) is 0 Å². The molecule has 1 saturated heterocycles.